The first-order valence-corrected chi connectivity index (χ1v) is 10.5. The van der Waals surface area contributed by atoms with Crippen molar-refractivity contribution in [1.29, 1.82) is 0 Å². The van der Waals surface area contributed by atoms with Crippen LogP contribution in [0.1, 0.15) is 48.6 Å². The quantitative estimate of drug-likeness (QED) is 0.834. The Morgan fingerprint density at radius 3 is 2.74 bits per heavy atom. The lowest BCUT2D eigenvalue weighted by molar-refractivity contribution is 0.215. The van der Waals surface area contributed by atoms with Crippen LogP contribution in [0.3, 0.4) is 0 Å². The van der Waals surface area contributed by atoms with Crippen LogP contribution < -0.4 is 10.6 Å². The summed E-state index contributed by atoms with van der Waals surface area (Å²) in [5.74, 6) is 3.17. The van der Waals surface area contributed by atoms with Gasteiger partial charge < -0.3 is 10.6 Å². The van der Waals surface area contributed by atoms with Crippen molar-refractivity contribution in [1.82, 2.24) is 15.3 Å². The van der Waals surface area contributed by atoms with E-state index in [0.717, 1.165) is 42.2 Å². The molecule has 1 unspecified atom stereocenters. The van der Waals surface area contributed by atoms with E-state index >= 15 is 0 Å². The lowest BCUT2D eigenvalue weighted by atomic mass is 9.76. The van der Waals surface area contributed by atoms with E-state index in [9.17, 15) is 0 Å². The Kier molecular flexibility index (Phi) is 5.44. The normalized spacial score (nSPS) is 25.1. The largest absolute Gasteiger partial charge is 0.324 e. The van der Waals surface area contributed by atoms with Gasteiger partial charge in [-0.3, -0.25) is 0 Å². The lowest BCUT2D eigenvalue weighted by Gasteiger charge is -2.34. The third-order valence-corrected chi connectivity index (χ3v) is 6.34. The Morgan fingerprint density at radius 2 is 1.96 bits per heavy atom. The summed E-state index contributed by atoms with van der Waals surface area (Å²) in [5, 5.41) is 6.94. The molecule has 1 saturated heterocycles. The van der Waals surface area contributed by atoms with Gasteiger partial charge in [0, 0.05) is 17.6 Å². The minimum Gasteiger partial charge on any atom is -0.324 e. The van der Waals surface area contributed by atoms with Gasteiger partial charge in [-0.25, -0.2) is 9.97 Å². The number of aryl methyl sites for hydroxylation is 3. The van der Waals surface area contributed by atoms with Crippen LogP contribution in [0.2, 0.25) is 0 Å². The number of nitrogens with zero attached hydrogens (tertiary/aromatic N) is 2. The van der Waals surface area contributed by atoms with E-state index in [2.05, 4.69) is 54.6 Å². The van der Waals surface area contributed by atoms with Gasteiger partial charge in [0.2, 0.25) is 5.95 Å². The van der Waals surface area contributed by atoms with Crippen molar-refractivity contribution in [3.05, 3.63) is 46.8 Å². The summed E-state index contributed by atoms with van der Waals surface area (Å²) in [6, 6.07) is 6.49. The molecule has 1 aliphatic heterocycles. The van der Waals surface area contributed by atoms with Gasteiger partial charge in [-0.15, -0.1) is 0 Å². The van der Waals surface area contributed by atoms with Gasteiger partial charge in [0.25, 0.3) is 0 Å². The number of anilines is 2. The van der Waals surface area contributed by atoms with Gasteiger partial charge in [0.15, 0.2) is 0 Å². The smallest absolute Gasteiger partial charge is 0.227 e. The van der Waals surface area contributed by atoms with Crippen LogP contribution in [0, 0.1) is 31.6 Å². The SMILES string of the molecule is Cc1cc(C)cc(Nc2ncc3c(n2)CC(C[C@@H]2CCNC[C@@H]2C)CC3)c1. The number of hydrogen-bond acceptors (Lipinski definition) is 4. The maximum absolute atomic E-state index is 4.90. The molecule has 4 rings (SSSR count). The molecule has 2 heterocycles. The summed E-state index contributed by atoms with van der Waals surface area (Å²) in [6.07, 6.45) is 8.24. The molecule has 0 spiro atoms. The molecule has 1 aliphatic carbocycles. The topological polar surface area (TPSA) is 49.8 Å². The molecule has 1 fully saturated rings. The molecule has 0 amide bonds. The van der Waals surface area contributed by atoms with Crippen LogP contribution >= 0.6 is 0 Å². The number of hydrogen-bond donors (Lipinski definition) is 2. The number of fused-ring (bicyclic) bond motifs is 1. The summed E-state index contributed by atoms with van der Waals surface area (Å²) in [4.78, 5) is 9.46. The molecule has 0 bridgehead atoms. The number of rotatable bonds is 4. The molecular formula is C23H32N4. The Bertz CT molecular complexity index is 781. The molecule has 2 aliphatic rings. The third kappa shape index (κ3) is 4.49. The van der Waals surface area contributed by atoms with E-state index < -0.39 is 0 Å². The monoisotopic (exact) mass is 364 g/mol. The minimum atomic E-state index is 0.731. The summed E-state index contributed by atoms with van der Waals surface area (Å²) in [7, 11) is 0. The predicted octanol–water partition coefficient (Wildman–Crippen LogP) is 4.58. The van der Waals surface area contributed by atoms with Crippen molar-refractivity contribution in [3.63, 3.8) is 0 Å². The maximum atomic E-state index is 4.90. The molecule has 3 atom stereocenters. The maximum Gasteiger partial charge on any atom is 0.227 e. The molecule has 0 saturated carbocycles. The van der Waals surface area contributed by atoms with E-state index in [4.69, 9.17) is 4.98 Å². The number of nitrogens with one attached hydrogen (secondary N) is 2. The fourth-order valence-corrected chi connectivity index (χ4v) is 4.85. The molecule has 0 radical (unpaired) electrons. The summed E-state index contributed by atoms with van der Waals surface area (Å²) < 4.78 is 0. The van der Waals surface area contributed by atoms with Gasteiger partial charge in [-0.2, -0.15) is 0 Å². The summed E-state index contributed by atoms with van der Waals surface area (Å²) in [6.45, 7) is 9.02. The second kappa shape index (κ2) is 7.97. The van der Waals surface area contributed by atoms with Crippen LogP contribution in [0.15, 0.2) is 24.4 Å². The fourth-order valence-electron chi connectivity index (χ4n) is 4.85. The second-order valence-electron chi connectivity index (χ2n) is 8.74. The zero-order valence-corrected chi connectivity index (χ0v) is 16.9. The van der Waals surface area contributed by atoms with Gasteiger partial charge in [0.1, 0.15) is 0 Å². The highest BCUT2D eigenvalue weighted by Crippen LogP contribution is 2.33. The van der Waals surface area contributed by atoms with Crippen LogP contribution in [-0.4, -0.2) is 23.1 Å². The molecule has 27 heavy (non-hydrogen) atoms. The van der Waals surface area contributed by atoms with Gasteiger partial charge >= 0.3 is 0 Å². The number of piperidine rings is 1. The highest BCUT2D eigenvalue weighted by atomic mass is 15.1. The van der Waals surface area contributed by atoms with Gasteiger partial charge in [-0.05, 0) is 106 Å². The Balaban J connectivity index is 1.45. The zero-order valence-electron chi connectivity index (χ0n) is 16.9. The van der Waals surface area contributed by atoms with Crippen LogP contribution in [0.4, 0.5) is 11.6 Å². The molecule has 144 valence electrons. The Labute approximate surface area is 163 Å². The molecular weight excluding hydrogens is 332 g/mol. The first kappa shape index (κ1) is 18.4. The van der Waals surface area contributed by atoms with Gasteiger partial charge in [0.05, 0.1) is 0 Å². The predicted molar refractivity (Wildman–Crippen MR) is 112 cm³/mol. The standard InChI is InChI=1S/C23H32N4/c1-15-8-16(2)10-21(9-15)26-23-25-14-20-5-4-18(12-22(20)27-23)11-19-6-7-24-13-17(19)3/h8-10,14,17-19,24H,4-7,11-13H2,1-3H3,(H,25,26,27)/t17-,18?,19-/m0/s1. The number of aromatic nitrogens is 2. The first-order chi connectivity index (χ1) is 13.1. The van der Waals surface area contributed by atoms with E-state index in [1.54, 1.807) is 0 Å². The first-order valence-electron chi connectivity index (χ1n) is 10.5. The van der Waals surface area contributed by atoms with Crippen LogP contribution in [-0.2, 0) is 12.8 Å². The van der Waals surface area contributed by atoms with E-state index in [0.29, 0.717) is 0 Å². The van der Waals surface area contributed by atoms with Crippen LogP contribution in [0.5, 0.6) is 0 Å². The molecule has 1 aromatic heterocycles. The number of benzene rings is 1. The molecule has 4 nitrogen and oxygen atoms in total. The summed E-state index contributed by atoms with van der Waals surface area (Å²) in [5.41, 5.74) is 6.19. The van der Waals surface area contributed by atoms with E-state index in [1.807, 2.05) is 6.20 Å². The second-order valence-corrected chi connectivity index (χ2v) is 8.74. The van der Waals surface area contributed by atoms with Crippen molar-refractivity contribution >= 4 is 11.6 Å². The summed E-state index contributed by atoms with van der Waals surface area (Å²) >= 11 is 0. The minimum absolute atomic E-state index is 0.731. The fraction of sp³-hybridized carbons (Fsp3) is 0.565. The van der Waals surface area contributed by atoms with E-state index in [-0.39, 0.29) is 0 Å². The van der Waals surface area contributed by atoms with Crippen molar-refractivity contribution in [3.8, 4) is 0 Å². The third-order valence-electron chi connectivity index (χ3n) is 6.34. The van der Waals surface area contributed by atoms with Crippen molar-refractivity contribution < 1.29 is 0 Å². The van der Waals surface area contributed by atoms with E-state index in [1.165, 1.54) is 54.7 Å². The molecule has 2 N–H and O–H groups in total. The molecule has 1 aromatic carbocycles. The lowest BCUT2D eigenvalue weighted by Crippen LogP contribution is -2.36. The molecule has 2 aromatic rings. The van der Waals surface area contributed by atoms with Crippen molar-refractivity contribution in [2.24, 2.45) is 17.8 Å². The van der Waals surface area contributed by atoms with Crippen molar-refractivity contribution in [2.75, 3.05) is 18.4 Å². The van der Waals surface area contributed by atoms with Crippen molar-refractivity contribution in [2.45, 2.75) is 52.9 Å². The highest BCUT2D eigenvalue weighted by Gasteiger charge is 2.27. The average molecular weight is 365 g/mol. The molecule has 4 heteroatoms. The Morgan fingerprint density at radius 1 is 1.15 bits per heavy atom. The zero-order chi connectivity index (χ0) is 18.8. The van der Waals surface area contributed by atoms with Crippen LogP contribution in [0.25, 0.3) is 0 Å². The highest BCUT2D eigenvalue weighted by molar-refractivity contribution is 5.56. The van der Waals surface area contributed by atoms with Gasteiger partial charge in [-0.1, -0.05) is 13.0 Å². The average Bonchev–Trinajstić information content (AvgIpc) is 2.62. The Hall–Kier alpha value is -1.94.